The minimum absolute atomic E-state index is 0.152. The highest BCUT2D eigenvalue weighted by molar-refractivity contribution is 7.89. The predicted octanol–water partition coefficient (Wildman–Crippen LogP) is 3.10. The first-order valence-corrected chi connectivity index (χ1v) is 10.4. The van der Waals surface area contributed by atoms with E-state index >= 15 is 0 Å². The summed E-state index contributed by atoms with van der Waals surface area (Å²) < 4.78 is 28.7. The van der Waals surface area contributed by atoms with Crippen LogP contribution in [0, 0.1) is 0 Å². The fraction of sp³-hybridized carbons (Fsp3) is 0.300. The molecule has 142 valence electrons. The van der Waals surface area contributed by atoms with E-state index in [2.05, 4.69) is 23.7 Å². The molecule has 1 heterocycles. The second-order valence-corrected chi connectivity index (χ2v) is 8.45. The molecule has 3 rings (SSSR count). The molecule has 0 amide bonds. The van der Waals surface area contributed by atoms with Crippen LogP contribution < -0.4 is 4.72 Å². The lowest BCUT2D eigenvalue weighted by Crippen LogP contribution is -2.29. The molecule has 1 N–H and O–H groups in total. The summed E-state index contributed by atoms with van der Waals surface area (Å²) in [6, 6.07) is 16.2. The standard InChI is InChI=1S/C20H23N3O3S/c1-15(2)23-20-11-7-6-10-18(20)19(22-23)13-12-16(24)14-21-27(25,26)17-8-4-3-5-9-17/h3-11,15,21H,12-14H2,1-2H3. The molecule has 0 radical (unpaired) electrons. The van der Waals surface area contributed by atoms with E-state index in [4.69, 9.17) is 0 Å². The van der Waals surface area contributed by atoms with Gasteiger partial charge in [0.25, 0.3) is 0 Å². The van der Waals surface area contributed by atoms with Gasteiger partial charge in [0.05, 0.1) is 22.7 Å². The van der Waals surface area contributed by atoms with Gasteiger partial charge in [-0.05, 0) is 38.5 Å². The summed E-state index contributed by atoms with van der Waals surface area (Å²) in [4.78, 5) is 12.4. The Balaban J connectivity index is 1.64. The van der Waals surface area contributed by atoms with Gasteiger partial charge in [-0.15, -0.1) is 0 Å². The molecule has 0 saturated carbocycles. The number of aromatic nitrogens is 2. The lowest BCUT2D eigenvalue weighted by Gasteiger charge is -2.06. The zero-order chi connectivity index (χ0) is 19.4. The Morgan fingerprint density at radius 3 is 2.44 bits per heavy atom. The molecule has 0 unspecified atom stereocenters. The number of hydrogen-bond acceptors (Lipinski definition) is 4. The summed E-state index contributed by atoms with van der Waals surface area (Å²) >= 11 is 0. The van der Waals surface area contributed by atoms with Gasteiger partial charge in [-0.2, -0.15) is 5.10 Å². The van der Waals surface area contributed by atoms with E-state index in [9.17, 15) is 13.2 Å². The van der Waals surface area contributed by atoms with Crippen molar-refractivity contribution in [1.29, 1.82) is 0 Å². The number of nitrogens with one attached hydrogen (secondary N) is 1. The van der Waals surface area contributed by atoms with Crippen LogP contribution in [-0.4, -0.2) is 30.5 Å². The number of fused-ring (bicyclic) bond motifs is 1. The zero-order valence-corrected chi connectivity index (χ0v) is 16.2. The van der Waals surface area contributed by atoms with Crippen LogP contribution in [0.4, 0.5) is 0 Å². The molecule has 1 aromatic heterocycles. The summed E-state index contributed by atoms with van der Waals surface area (Å²) in [6.45, 7) is 3.90. The number of Topliss-reactive ketones (excluding diaryl/α,β-unsaturated/α-hetero) is 1. The van der Waals surface area contributed by atoms with E-state index in [1.54, 1.807) is 18.2 Å². The molecule has 0 aliphatic rings. The summed E-state index contributed by atoms with van der Waals surface area (Å²) in [5.74, 6) is -0.169. The lowest BCUT2D eigenvalue weighted by atomic mass is 10.1. The van der Waals surface area contributed by atoms with Gasteiger partial charge in [0.2, 0.25) is 10.0 Å². The molecule has 0 aliphatic carbocycles. The van der Waals surface area contributed by atoms with Crippen LogP contribution in [0.25, 0.3) is 10.9 Å². The van der Waals surface area contributed by atoms with Crippen molar-refractivity contribution in [3.63, 3.8) is 0 Å². The quantitative estimate of drug-likeness (QED) is 0.646. The number of aryl methyl sites for hydroxylation is 1. The van der Waals surface area contributed by atoms with Crippen LogP contribution >= 0.6 is 0 Å². The molecule has 27 heavy (non-hydrogen) atoms. The van der Waals surface area contributed by atoms with Crippen LogP contribution in [0.2, 0.25) is 0 Å². The van der Waals surface area contributed by atoms with E-state index < -0.39 is 10.0 Å². The number of para-hydroxylation sites is 1. The number of sulfonamides is 1. The van der Waals surface area contributed by atoms with Crippen LogP contribution in [0.3, 0.4) is 0 Å². The first-order valence-electron chi connectivity index (χ1n) is 8.91. The average molecular weight is 385 g/mol. The van der Waals surface area contributed by atoms with Crippen molar-refractivity contribution in [3.8, 4) is 0 Å². The molecule has 0 bridgehead atoms. The number of benzene rings is 2. The van der Waals surface area contributed by atoms with E-state index in [-0.39, 0.29) is 29.7 Å². The third-order valence-electron chi connectivity index (χ3n) is 4.33. The maximum Gasteiger partial charge on any atom is 0.240 e. The SMILES string of the molecule is CC(C)n1nc(CCC(=O)CNS(=O)(=O)c2ccccc2)c2ccccc21. The van der Waals surface area contributed by atoms with Gasteiger partial charge in [-0.1, -0.05) is 36.4 Å². The monoisotopic (exact) mass is 385 g/mol. The number of hydrogen-bond donors (Lipinski definition) is 1. The first-order chi connectivity index (χ1) is 12.9. The molecule has 0 aliphatic heterocycles. The molecule has 7 heteroatoms. The maximum absolute atomic E-state index is 12.2. The van der Waals surface area contributed by atoms with Crippen molar-refractivity contribution in [3.05, 3.63) is 60.3 Å². The highest BCUT2D eigenvalue weighted by Crippen LogP contribution is 2.22. The third-order valence-corrected chi connectivity index (χ3v) is 5.75. The van der Waals surface area contributed by atoms with E-state index in [0.29, 0.717) is 6.42 Å². The first kappa shape index (κ1) is 19.3. The van der Waals surface area contributed by atoms with Crippen LogP contribution in [0.5, 0.6) is 0 Å². The van der Waals surface area contributed by atoms with Gasteiger partial charge in [-0.3, -0.25) is 9.48 Å². The Kier molecular flexibility index (Phi) is 5.72. The molecule has 0 atom stereocenters. The van der Waals surface area contributed by atoms with Gasteiger partial charge < -0.3 is 0 Å². The number of carbonyl (C=O) groups is 1. The Morgan fingerprint density at radius 1 is 1.07 bits per heavy atom. The van der Waals surface area contributed by atoms with Crippen molar-refractivity contribution < 1.29 is 13.2 Å². The van der Waals surface area contributed by atoms with Gasteiger partial charge >= 0.3 is 0 Å². The second kappa shape index (κ2) is 8.02. The van der Waals surface area contributed by atoms with Gasteiger partial charge in [0.1, 0.15) is 5.78 Å². The van der Waals surface area contributed by atoms with Crippen LogP contribution in [0.15, 0.2) is 59.5 Å². The second-order valence-electron chi connectivity index (χ2n) is 6.68. The highest BCUT2D eigenvalue weighted by Gasteiger charge is 2.16. The molecular formula is C20H23N3O3S. The van der Waals surface area contributed by atoms with Crippen LogP contribution in [-0.2, 0) is 21.2 Å². The molecule has 2 aromatic carbocycles. The van der Waals surface area contributed by atoms with Crippen molar-refractivity contribution in [1.82, 2.24) is 14.5 Å². The largest absolute Gasteiger partial charge is 0.298 e. The minimum atomic E-state index is -3.67. The smallest absolute Gasteiger partial charge is 0.240 e. The van der Waals surface area contributed by atoms with Gasteiger partial charge in [0, 0.05) is 17.8 Å². The summed E-state index contributed by atoms with van der Waals surface area (Å²) in [5, 5.41) is 5.67. The molecule has 0 saturated heterocycles. The van der Waals surface area contributed by atoms with Crippen LogP contribution in [0.1, 0.15) is 32.0 Å². The van der Waals surface area contributed by atoms with E-state index in [1.807, 2.05) is 28.9 Å². The third kappa shape index (κ3) is 4.43. The minimum Gasteiger partial charge on any atom is -0.298 e. The Hall–Kier alpha value is -2.51. The average Bonchev–Trinajstić information content (AvgIpc) is 3.05. The molecule has 6 nitrogen and oxygen atoms in total. The Labute approximate surface area is 159 Å². The number of rotatable bonds is 8. The maximum atomic E-state index is 12.2. The molecule has 0 fully saturated rings. The van der Waals surface area contributed by atoms with Gasteiger partial charge in [0.15, 0.2) is 0 Å². The lowest BCUT2D eigenvalue weighted by molar-refractivity contribution is -0.117. The molecule has 0 spiro atoms. The number of ketones is 1. The predicted molar refractivity (Wildman–Crippen MR) is 105 cm³/mol. The number of nitrogens with zero attached hydrogens (tertiary/aromatic N) is 2. The van der Waals surface area contributed by atoms with Crippen molar-refractivity contribution in [2.75, 3.05) is 6.54 Å². The topological polar surface area (TPSA) is 81.1 Å². The van der Waals surface area contributed by atoms with Crippen molar-refractivity contribution in [2.24, 2.45) is 0 Å². The fourth-order valence-corrected chi connectivity index (χ4v) is 3.97. The summed E-state index contributed by atoms with van der Waals surface area (Å²) in [7, 11) is -3.67. The highest BCUT2D eigenvalue weighted by atomic mass is 32.2. The van der Waals surface area contributed by atoms with E-state index in [1.165, 1.54) is 12.1 Å². The normalized spacial score (nSPS) is 12.0. The molecular weight excluding hydrogens is 362 g/mol. The van der Waals surface area contributed by atoms with E-state index in [0.717, 1.165) is 16.6 Å². The summed E-state index contributed by atoms with van der Waals surface area (Å²) in [6.07, 6.45) is 0.711. The Bertz CT molecular complexity index is 1040. The summed E-state index contributed by atoms with van der Waals surface area (Å²) in [5.41, 5.74) is 1.90. The zero-order valence-electron chi connectivity index (χ0n) is 15.4. The fourth-order valence-electron chi connectivity index (χ4n) is 2.94. The van der Waals surface area contributed by atoms with Gasteiger partial charge in [-0.25, -0.2) is 13.1 Å². The van der Waals surface area contributed by atoms with Crippen molar-refractivity contribution in [2.45, 2.75) is 37.6 Å². The number of carbonyl (C=O) groups excluding carboxylic acids is 1. The molecule has 3 aromatic rings. The van der Waals surface area contributed by atoms with Crippen molar-refractivity contribution >= 4 is 26.7 Å². The Morgan fingerprint density at radius 2 is 1.74 bits per heavy atom.